The van der Waals surface area contributed by atoms with E-state index in [1.165, 1.54) is 0 Å². The third-order valence-electron chi connectivity index (χ3n) is 4.50. The summed E-state index contributed by atoms with van der Waals surface area (Å²) in [5.74, 6) is 0.433. The molecule has 1 aromatic heterocycles. The molecule has 0 saturated heterocycles. The molecule has 0 bridgehead atoms. The quantitative estimate of drug-likeness (QED) is 0.405. The van der Waals surface area contributed by atoms with E-state index in [1.807, 2.05) is 18.2 Å². The molecule has 1 aromatic carbocycles. The molecule has 32 heavy (non-hydrogen) atoms. The minimum absolute atomic E-state index is 0.0256. The highest BCUT2D eigenvalue weighted by atomic mass is 19.3. The highest BCUT2D eigenvalue weighted by Crippen LogP contribution is 2.32. The minimum atomic E-state index is -2.98. The Kier molecular flexibility index (Phi) is 10.2. The number of carbonyl (C=O) groups is 1. The van der Waals surface area contributed by atoms with Crippen molar-refractivity contribution < 1.29 is 23.0 Å². The topological polar surface area (TPSA) is 88.1 Å². The molecule has 1 amide bonds. The van der Waals surface area contributed by atoms with Crippen LogP contribution in [0.1, 0.15) is 18.2 Å². The van der Waals surface area contributed by atoms with Crippen molar-refractivity contribution in [1.82, 2.24) is 20.5 Å². The summed E-state index contributed by atoms with van der Waals surface area (Å²) in [7, 11) is 3.27. The molecule has 0 unspecified atom stereocenters. The van der Waals surface area contributed by atoms with Crippen LogP contribution in [-0.2, 0) is 17.8 Å². The number of benzene rings is 1. The lowest BCUT2D eigenvalue weighted by Gasteiger charge is -2.19. The fraction of sp³-hybridized carbons (Fsp3) is 0.409. The number of para-hydroxylation sites is 1. The number of alkyl halides is 2. The number of nitrogens with zero attached hydrogens (tertiary/aromatic N) is 3. The summed E-state index contributed by atoms with van der Waals surface area (Å²) in [4.78, 5) is 22.3. The van der Waals surface area contributed by atoms with Crippen LogP contribution in [0.3, 0.4) is 0 Å². The van der Waals surface area contributed by atoms with Gasteiger partial charge in [0, 0.05) is 51.1 Å². The van der Waals surface area contributed by atoms with E-state index in [-0.39, 0.29) is 30.5 Å². The normalized spacial score (nSPS) is 11.2. The van der Waals surface area contributed by atoms with E-state index in [0.29, 0.717) is 31.1 Å². The third-order valence-corrected chi connectivity index (χ3v) is 4.50. The van der Waals surface area contributed by atoms with Crippen molar-refractivity contribution in [2.24, 2.45) is 4.99 Å². The van der Waals surface area contributed by atoms with Crippen LogP contribution in [-0.4, -0.2) is 62.2 Å². The number of amides is 1. The van der Waals surface area contributed by atoms with Gasteiger partial charge in [-0.15, -0.1) is 0 Å². The van der Waals surface area contributed by atoms with Crippen molar-refractivity contribution in [3.8, 4) is 11.5 Å². The largest absolute Gasteiger partial charge is 0.490 e. The molecule has 0 spiro atoms. The van der Waals surface area contributed by atoms with Crippen LogP contribution in [0.5, 0.6) is 11.5 Å². The number of pyridine rings is 1. The van der Waals surface area contributed by atoms with Gasteiger partial charge in [0.25, 0.3) is 0 Å². The van der Waals surface area contributed by atoms with E-state index in [9.17, 15) is 13.6 Å². The number of carbonyl (C=O) groups excluding carboxylic acids is 1. The van der Waals surface area contributed by atoms with E-state index in [2.05, 4.69) is 25.3 Å². The van der Waals surface area contributed by atoms with Crippen LogP contribution in [0.15, 0.2) is 47.6 Å². The number of halogens is 2. The summed E-state index contributed by atoms with van der Waals surface area (Å²) in [6, 6.07) is 10.6. The Balaban J connectivity index is 1.88. The molecule has 0 saturated carbocycles. The van der Waals surface area contributed by atoms with Crippen molar-refractivity contribution in [1.29, 1.82) is 0 Å². The van der Waals surface area contributed by atoms with Crippen molar-refractivity contribution in [3.05, 3.63) is 53.9 Å². The number of rotatable bonds is 11. The van der Waals surface area contributed by atoms with E-state index in [0.717, 1.165) is 5.69 Å². The Morgan fingerprint density at radius 1 is 1.22 bits per heavy atom. The Morgan fingerprint density at radius 3 is 2.69 bits per heavy atom. The monoisotopic (exact) mass is 449 g/mol. The zero-order valence-corrected chi connectivity index (χ0v) is 18.5. The van der Waals surface area contributed by atoms with Gasteiger partial charge in [0.1, 0.15) is 0 Å². The maximum absolute atomic E-state index is 12.9. The number of ether oxygens (including phenoxy) is 2. The molecule has 0 fully saturated rings. The van der Waals surface area contributed by atoms with Crippen molar-refractivity contribution >= 4 is 11.9 Å². The Labute approximate surface area is 186 Å². The van der Waals surface area contributed by atoms with Gasteiger partial charge < -0.3 is 25.0 Å². The maximum atomic E-state index is 12.9. The van der Waals surface area contributed by atoms with Crippen LogP contribution in [0, 0.1) is 0 Å². The van der Waals surface area contributed by atoms with Gasteiger partial charge in [0.2, 0.25) is 5.91 Å². The number of aromatic nitrogens is 1. The van der Waals surface area contributed by atoms with Gasteiger partial charge in [-0.25, -0.2) is 0 Å². The van der Waals surface area contributed by atoms with E-state index in [4.69, 9.17) is 4.74 Å². The molecule has 8 nitrogen and oxygen atoms in total. The molecule has 0 aliphatic carbocycles. The molecule has 0 atom stereocenters. The van der Waals surface area contributed by atoms with Crippen LogP contribution >= 0.6 is 0 Å². The second kappa shape index (κ2) is 13.1. The molecule has 0 aliphatic rings. The molecular formula is C22H29F2N5O3. The van der Waals surface area contributed by atoms with Crippen LogP contribution in [0.2, 0.25) is 0 Å². The molecule has 10 heteroatoms. The zero-order chi connectivity index (χ0) is 23.3. The fourth-order valence-corrected chi connectivity index (χ4v) is 2.84. The average Bonchev–Trinajstić information content (AvgIpc) is 2.79. The predicted molar refractivity (Wildman–Crippen MR) is 118 cm³/mol. The van der Waals surface area contributed by atoms with Crippen LogP contribution in [0.4, 0.5) is 8.78 Å². The van der Waals surface area contributed by atoms with E-state index >= 15 is 0 Å². The zero-order valence-electron chi connectivity index (χ0n) is 18.5. The molecule has 2 rings (SSSR count). The standard InChI is InChI=1S/C22H29F2N5O3/c1-4-31-18-10-7-8-16(20(18)32-21(23)24)14-27-22(25-2)28-15-19(30)29(3)13-11-17-9-5-6-12-26-17/h5-10,12,21H,4,11,13-15H2,1-3H3,(H2,25,27,28). The lowest BCUT2D eigenvalue weighted by Crippen LogP contribution is -2.43. The van der Waals surface area contributed by atoms with Gasteiger partial charge in [-0.2, -0.15) is 8.78 Å². The average molecular weight is 450 g/mol. The summed E-state index contributed by atoms with van der Waals surface area (Å²) in [6.45, 7) is -0.207. The lowest BCUT2D eigenvalue weighted by molar-refractivity contribution is -0.128. The van der Waals surface area contributed by atoms with Gasteiger partial charge in [-0.3, -0.25) is 14.8 Å². The summed E-state index contributed by atoms with van der Waals surface area (Å²) < 4.78 is 35.8. The smallest absolute Gasteiger partial charge is 0.387 e. The first-order valence-electron chi connectivity index (χ1n) is 10.2. The van der Waals surface area contributed by atoms with Crippen molar-refractivity contribution in [3.63, 3.8) is 0 Å². The van der Waals surface area contributed by atoms with Crippen LogP contribution in [0.25, 0.3) is 0 Å². The van der Waals surface area contributed by atoms with Crippen molar-refractivity contribution in [2.45, 2.75) is 26.5 Å². The summed E-state index contributed by atoms with van der Waals surface area (Å²) >= 11 is 0. The maximum Gasteiger partial charge on any atom is 0.387 e. The second-order valence-corrected chi connectivity index (χ2v) is 6.72. The van der Waals surface area contributed by atoms with Gasteiger partial charge in [-0.1, -0.05) is 18.2 Å². The Morgan fingerprint density at radius 2 is 2.03 bits per heavy atom. The molecule has 2 N–H and O–H groups in total. The molecule has 1 heterocycles. The van der Waals surface area contributed by atoms with Crippen molar-refractivity contribution in [2.75, 3.05) is 33.8 Å². The number of likely N-dealkylation sites (N-methyl/N-ethyl adjacent to an activating group) is 1. The summed E-state index contributed by atoms with van der Waals surface area (Å²) in [5.41, 5.74) is 1.38. The number of hydrogen-bond acceptors (Lipinski definition) is 5. The fourth-order valence-electron chi connectivity index (χ4n) is 2.84. The Hall–Kier alpha value is -3.43. The molecule has 0 radical (unpaired) electrons. The highest BCUT2D eigenvalue weighted by Gasteiger charge is 2.16. The summed E-state index contributed by atoms with van der Waals surface area (Å²) in [6.07, 6.45) is 2.37. The molecular weight excluding hydrogens is 420 g/mol. The summed E-state index contributed by atoms with van der Waals surface area (Å²) in [5, 5.41) is 5.93. The second-order valence-electron chi connectivity index (χ2n) is 6.72. The SMILES string of the molecule is CCOc1cccc(CNC(=NC)NCC(=O)N(C)CCc2ccccn2)c1OC(F)F. The first-order chi connectivity index (χ1) is 15.4. The van der Waals surface area contributed by atoms with Gasteiger partial charge in [-0.05, 0) is 25.1 Å². The first-order valence-corrected chi connectivity index (χ1v) is 10.2. The molecule has 0 aliphatic heterocycles. The highest BCUT2D eigenvalue weighted by molar-refractivity contribution is 5.86. The van der Waals surface area contributed by atoms with Gasteiger partial charge >= 0.3 is 6.61 Å². The predicted octanol–water partition coefficient (Wildman–Crippen LogP) is 2.45. The number of hydrogen-bond donors (Lipinski definition) is 2. The lowest BCUT2D eigenvalue weighted by atomic mass is 10.2. The minimum Gasteiger partial charge on any atom is -0.490 e. The number of guanidine groups is 1. The van der Waals surface area contributed by atoms with Gasteiger partial charge in [0.15, 0.2) is 17.5 Å². The Bertz CT molecular complexity index is 881. The van der Waals surface area contributed by atoms with Gasteiger partial charge in [0.05, 0.1) is 13.2 Å². The number of nitrogens with one attached hydrogen (secondary N) is 2. The van der Waals surface area contributed by atoms with E-state index < -0.39 is 6.61 Å². The van der Waals surface area contributed by atoms with Crippen LogP contribution < -0.4 is 20.1 Å². The van der Waals surface area contributed by atoms with E-state index in [1.54, 1.807) is 50.3 Å². The third kappa shape index (κ3) is 8.01. The first kappa shape index (κ1) is 24.8. The molecule has 2 aromatic rings. The molecule has 174 valence electrons. The number of aliphatic imine (C=N–C) groups is 1.